The summed E-state index contributed by atoms with van der Waals surface area (Å²) in [5.74, 6) is 2.21. The molecule has 2 N–H and O–H groups in total. The summed E-state index contributed by atoms with van der Waals surface area (Å²) in [5.41, 5.74) is 5.45. The van der Waals surface area contributed by atoms with Gasteiger partial charge in [-0.1, -0.05) is 0 Å². The third-order valence-electron chi connectivity index (χ3n) is 2.87. The molecule has 1 aromatic rings. The molecule has 0 spiro atoms. The third-order valence-corrected chi connectivity index (χ3v) is 2.87. The van der Waals surface area contributed by atoms with Crippen molar-refractivity contribution in [2.75, 3.05) is 20.1 Å². The quantitative estimate of drug-likeness (QED) is 0.763. The number of nitrogens with two attached hydrogens (primary N) is 1. The van der Waals surface area contributed by atoms with Gasteiger partial charge >= 0.3 is 0 Å². The molecule has 4 nitrogen and oxygen atoms in total. The molecular weight excluding hydrogens is 178 g/mol. The Morgan fingerprint density at radius 1 is 1.57 bits per heavy atom. The summed E-state index contributed by atoms with van der Waals surface area (Å²) in [6, 6.07) is 0. The number of nitrogens with zero attached hydrogens (tertiary/aromatic N) is 2. The van der Waals surface area contributed by atoms with Gasteiger partial charge in [-0.25, -0.2) is 4.98 Å². The van der Waals surface area contributed by atoms with Crippen molar-refractivity contribution in [2.45, 2.75) is 25.3 Å². The van der Waals surface area contributed by atoms with Gasteiger partial charge in [-0.15, -0.1) is 0 Å². The fourth-order valence-electron chi connectivity index (χ4n) is 1.90. The molecular formula is C10H17N3O. The molecule has 0 bridgehead atoms. The van der Waals surface area contributed by atoms with E-state index in [1.807, 2.05) is 6.20 Å². The smallest absolute Gasteiger partial charge is 0.208 e. The van der Waals surface area contributed by atoms with Gasteiger partial charge in [0.25, 0.3) is 0 Å². The zero-order valence-corrected chi connectivity index (χ0v) is 8.57. The van der Waals surface area contributed by atoms with Gasteiger partial charge in [-0.2, -0.15) is 0 Å². The number of aromatic nitrogens is 1. The monoisotopic (exact) mass is 195 g/mol. The largest absolute Gasteiger partial charge is 0.444 e. The molecule has 0 aromatic carbocycles. The second-order valence-electron chi connectivity index (χ2n) is 3.94. The maximum atomic E-state index is 5.55. The van der Waals surface area contributed by atoms with Gasteiger partial charge in [-0.3, -0.25) is 0 Å². The second-order valence-corrected chi connectivity index (χ2v) is 3.94. The van der Waals surface area contributed by atoms with E-state index in [2.05, 4.69) is 16.9 Å². The molecule has 1 aliphatic heterocycles. The number of likely N-dealkylation sites (tertiary alicyclic amines) is 1. The van der Waals surface area contributed by atoms with E-state index in [1.54, 1.807) is 0 Å². The van der Waals surface area contributed by atoms with Gasteiger partial charge < -0.3 is 15.1 Å². The molecule has 1 saturated heterocycles. The van der Waals surface area contributed by atoms with Crippen molar-refractivity contribution in [1.29, 1.82) is 0 Å². The zero-order chi connectivity index (χ0) is 9.97. The summed E-state index contributed by atoms with van der Waals surface area (Å²) in [6.45, 7) is 2.68. The Labute approximate surface area is 84.1 Å². The van der Waals surface area contributed by atoms with E-state index in [1.165, 1.54) is 0 Å². The first kappa shape index (κ1) is 9.68. The predicted molar refractivity (Wildman–Crippen MR) is 53.9 cm³/mol. The Bertz CT molecular complexity index is 289. The number of rotatable bonds is 2. The van der Waals surface area contributed by atoms with Crippen LogP contribution in [-0.2, 0) is 6.54 Å². The first-order valence-electron chi connectivity index (χ1n) is 5.13. The van der Waals surface area contributed by atoms with Crippen LogP contribution in [0, 0.1) is 0 Å². The summed E-state index contributed by atoms with van der Waals surface area (Å²) >= 11 is 0. The minimum absolute atomic E-state index is 0.395. The second kappa shape index (κ2) is 4.11. The van der Waals surface area contributed by atoms with Crippen LogP contribution < -0.4 is 5.73 Å². The van der Waals surface area contributed by atoms with E-state index < -0.39 is 0 Å². The van der Waals surface area contributed by atoms with Crippen molar-refractivity contribution in [1.82, 2.24) is 9.88 Å². The first-order chi connectivity index (χ1) is 6.79. The lowest BCUT2D eigenvalue weighted by atomic mass is 9.95. The Morgan fingerprint density at radius 2 is 2.29 bits per heavy atom. The molecule has 2 heterocycles. The zero-order valence-electron chi connectivity index (χ0n) is 8.57. The number of hydrogen-bond donors (Lipinski definition) is 1. The summed E-state index contributed by atoms with van der Waals surface area (Å²) in [5, 5.41) is 0. The highest BCUT2D eigenvalue weighted by atomic mass is 16.4. The normalized spacial score (nSPS) is 20.1. The van der Waals surface area contributed by atoms with Crippen LogP contribution in [0.5, 0.6) is 0 Å². The Morgan fingerprint density at radius 3 is 2.86 bits per heavy atom. The average molecular weight is 195 g/mol. The van der Waals surface area contributed by atoms with E-state index in [-0.39, 0.29) is 0 Å². The van der Waals surface area contributed by atoms with E-state index in [4.69, 9.17) is 10.2 Å². The fraction of sp³-hybridized carbons (Fsp3) is 0.700. The van der Waals surface area contributed by atoms with E-state index in [0.717, 1.165) is 31.7 Å². The fourth-order valence-corrected chi connectivity index (χ4v) is 1.90. The van der Waals surface area contributed by atoms with Crippen molar-refractivity contribution in [3.63, 3.8) is 0 Å². The molecule has 0 aliphatic carbocycles. The Kier molecular flexibility index (Phi) is 2.84. The first-order valence-corrected chi connectivity index (χ1v) is 5.13. The van der Waals surface area contributed by atoms with E-state index >= 15 is 0 Å². The van der Waals surface area contributed by atoms with Gasteiger partial charge in [-0.05, 0) is 33.0 Å². The highest BCUT2D eigenvalue weighted by Gasteiger charge is 2.21. The minimum atomic E-state index is 0.395. The lowest BCUT2D eigenvalue weighted by Crippen LogP contribution is -2.29. The summed E-state index contributed by atoms with van der Waals surface area (Å²) in [4.78, 5) is 6.47. The summed E-state index contributed by atoms with van der Waals surface area (Å²) in [6.07, 6.45) is 4.16. The van der Waals surface area contributed by atoms with E-state index in [9.17, 15) is 0 Å². The number of hydrogen-bond acceptors (Lipinski definition) is 4. The van der Waals surface area contributed by atoms with Crippen LogP contribution in [0.1, 0.15) is 30.4 Å². The lowest BCUT2D eigenvalue weighted by molar-refractivity contribution is 0.239. The van der Waals surface area contributed by atoms with Crippen LogP contribution in [-0.4, -0.2) is 30.0 Å². The maximum absolute atomic E-state index is 5.55. The average Bonchev–Trinajstić information content (AvgIpc) is 2.67. The highest BCUT2D eigenvalue weighted by molar-refractivity contribution is 5.03. The molecule has 0 amide bonds. The number of oxazole rings is 1. The molecule has 2 rings (SSSR count). The number of piperidine rings is 1. The van der Waals surface area contributed by atoms with E-state index in [0.29, 0.717) is 18.4 Å². The minimum Gasteiger partial charge on any atom is -0.444 e. The Hall–Kier alpha value is -0.870. The highest BCUT2D eigenvalue weighted by Crippen LogP contribution is 2.27. The van der Waals surface area contributed by atoms with Crippen LogP contribution >= 0.6 is 0 Å². The van der Waals surface area contributed by atoms with Crippen LogP contribution in [0.2, 0.25) is 0 Å². The molecule has 1 fully saturated rings. The topological polar surface area (TPSA) is 55.3 Å². The van der Waals surface area contributed by atoms with Gasteiger partial charge in [0, 0.05) is 5.92 Å². The summed E-state index contributed by atoms with van der Waals surface area (Å²) in [7, 11) is 2.15. The molecule has 4 heteroatoms. The van der Waals surface area contributed by atoms with Crippen LogP contribution in [0.4, 0.5) is 0 Å². The molecule has 0 unspecified atom stereocenters. The van der Waals surface area contributed by atoms with Crippen molar-refractivity contribution < 1.29 is 4.42 Å². The van der Waals surface area contributed by atoms with Crippen LogP contribution in [0.25, 0.3) is 0 Å². The maximum Gasteiger partial charge on any atom is 0.208 e. The van der Waals surface area contributed by atoms with Crippen molar-refractivity contribution in [2.24, 2.45) is 5.73 Å². The van der Waals surface area contributed by atoms with Crippen molar-refractivity contribution in [3.05, 3.63) is 17.8 Å². The van der Waals surface area contributed by atoms with Crippen molar-refractivity contribution >= 4 is 0 Å². The molecule has 0 atom stereocenters. The van der Waals surface area contributed by atoms with Gasteiger partial charge in [0.2, 0.25) is 5.89 Å². The third kappa shape index (κ3) is 1.96. The molecule has 14 heavy (non-hydrogen) atoms. The summed E-state index contributed by atoms with van der Waals surface area (Å²) < 4.78 is 5.55. The van der Waals surface area contributed by atoms with Gasteiger partial charge in [0.05, 0.1) is 12.7 Å². The predicted octanol–water partition coefficient (Wildman–Crippen LogP) is 0.943. The lowest BCUT2D eigenvalue weighted by Gasteiger charge is -2.27. The Balaban J connectivity index is 2.01. The molecule has 78 valence electrons. The van der Waals surface area contributed by atoms with Crippen molar-refractivity contribution in [3.8, 4) is 0 Å². The SMILES string of the molecule is CN1CCC(c2cnc(CN)o2)CC1. The van der Waals surface area contributed by atoms with Crippen LogP contribution in [0.15, 0.2) is 10.6 Å². The van der Waals surface area contributed by atoms with Gasteiger partial charge in [0.1, 0.15) is 5.76 Å². The molecule has 0 radical (unpaired) electrons. The standard InChI is InChI=1S/C10H17N3O/c1-13-4-2-8(3-5-13)9-7-12-10(6-11)14-9/h7-8H,2-6,11H2,1H3. The van der Waals surface area contributed by atoms with Crippen LogP contribution in [0.3, 0.4) is 0 Å². The molecule has 1 aliphatic rings. The van der Waals surface area contributed by atoms with Gasteiger partial charge in [0.15, 0.2) is 0 Å². The molecule has 0 saturated carbocycles. The molecule has 1 aromatic heterocycles.